The molecule has 120 valence electrons. The smallest absolute Gasteiger partial charge is 0.160 e. The van der Waals surface area contributed by atoms with Gasteiger partial charge in [-0.15, -0.1) is 0 Å². The minimum absolute atomic E-state index is 0.0604. The largest absolute Gasteiger partial charge is 0.504 e. The lowest BCUT2D eigenvalue weighted by Crippen LogP contribution is -2.44. The van der Waals surface area contributed by atoms with Crippen molar-refractivity contribution in [3.8, 4) is 11.5 Å². The summed E-state index contributed by atoms with van der Waals surface area (Å²) in [4.78, 5) is 4.72. The monoisotopic (exact) mass is 312 g/mol. The number of aromatic hydroxyl groups is 1. The number of phenolic OH excluding ortho intramolecular Hbond substituents is 1. The first-order valence-corrected chi connectivity index (χ1v) is 7.44. The third-order valence-corrected chi connectivity index (χ3v) is 4.18. The average molecular weight is 312 g/mol. The summed E-state index contributed by atoms with van der Waals surface area (Å²) in [5.74, 6) is 0.419. The number of hydrogen-bond acceptors (Lipinski definition) is 5. The number of rotatable bonds is 3. The van der Waals surface area contributed by atoms with Crippen molar-refractivity contribution in [2.45, 2.75) is 25.6 Å². The van der Waals surface area contributed by atoms with Crippen LogP contribution in [0.25, 0.3) is 0 Å². The second kappa shape index (κ2) is 5.68. The van der Waals surface area contributed by atoms with Crippen LogP contribution in [-0.2, 0) is 0 Å². The van der Waals surface area contributed by atoms with E-state index in [0.29, 0.717) is 5.75 Å². The molecule has 5 heteroatoms. The van der Waals surface area contributed by atoms with Gasteiger partial charge in [-0.05, 0) is 37.1 Å². The van der Waals surface area contributed by atoms with Crippen LogP contribution in [0.15, 0.2) is 53.5 Å². The van der Waals surface area contributed by atoms with Crippen molar-refractivity contribution in [1.82, 2.24) is 5.06 Å². The van der Waals surface area contributed by atoms with E-state index in [9.17, 15) is 10.3 Å². The van der Waals surface area contributed by atoms with Crippen LogP contribution in [0.3, 0.4) is 0 Å². The predicted octanol–water partition coefficient (Wildman–Crippen LogP) is 3.37. The number of methoxy groups -OCH3 is 1. The van der Waals surface area contributed by atoms with Crippen LogP contribution in [0.2, 0.25) is 0 Å². The quantitative estimate of drug-likeness (QED) is 0.912. The van der Waals surface area contributed by atoms with E-state index in [1.165, 1.54) is 12.2 Å². The van der Waals surface area contributed by atoms with E-state index in [0.717, 1.165) is 16.8 Å². The molecule has 2 aromatic carbocycles. The predicted molar refractivity (Wildman–Crippen MR) is 88.1 cm³/mol. The van der Waals surface area contributed by atoms with Crippen LogP contribution in [0.5, 0.6) is 11.5 Å². The Kier molecular flexibility index (Phi) is 3.83. The zero-order valence-electron chi connectivity index (χ0n) is 13.4. The molecule has 1 aliphatic rings. The highest BCUT2D eigenvalue weighted by Crippen LogP contribution is 2.39. The van der Waals surface area contributed by atoms with Gasteiger partial charge in [-0.1, -0.05) is 36.4 Å². The molecule has 5 nitrogen and oxygen atoms in total. The molecule has 0 aliphatic carbocycles. The number of phenols is 1. The van der Waals surface area contributed by atoms with E-state index in [-0.39, 0.29) is 5.75 Å². The molecular weight excluding hydrogens is 292 g/mol. The first-order valence-electron chi connectivity index (χ1n) is 7.44. The second-order valence-corrected chi connectivity index (χ2v) is 6.05. The van der Waals surface area contributed by atoms with Crippen LogP contribution in [0.4, 0.5) is 0 Å². The molecule has 1 unspecified atom stereocenters. The van der Waals surface area contributed by atoms with Gasteiger partial charge in [0.2, 0.25) is 0 Å². The molecule has 0 saturated heterocycles. The van der Waals surface area contributed by atoms with Crippen molar-refractivity contribution in [2.24, 2.45) is 4.99 Å². The molecule has 1 heterocycles. The van der Waals surface area contributed by atoms with Crippen molar-refractivity contribution in [3.05, 3.63) is 59.7 Å². The van der Waals surface area contributed by atoms with E-state index in [2.05, 4.69) is 0 Å². The third-order valence-electron chi connectivity index (χ3n) is 4.18. The van der Waals surface area contributed by atoms with Crippen LogP contribution in [0.1, 0.15) is 31.1 Å². The Morgan fingerprint density at radius 1 is 1.13 bits per heavy atom. The van der Waals surface area contributed by atoms with Crippen molar-refractivity contribution >= 4 is 5.71 Å². The Hall–Kier alpha value is -2.37. The standard InChI is InChI=1S/C18H20N2O3/c1-18(2)16(12-7-5-4-6-8-12)19-17(20(18)22)13-9-10-14(21)15(11-13)23-3/h4-11,17,21-22H,1-3H3. The van der Waals surface area contributed by atoms with Gasteiger partial charge in [-0.25, -0.2) is 0 Å². The average Bonchev–Trinajstić information content (AvgIpc) is 2.79. The summed E-state index contributed by atoms with van der Waals surface area (Å²) in [6, 6.07) is 14.8. The molecule has 3 rings (SSSR count). The molecule has 0 aromatic heterocycles. The zero-order chi connectivity index (χ0) is 16.6. The van der Waals surface area contributed by atoms with Gasteiger partial charge in [0.25, 0.3) is 0 Å². The minimum atomic E-state index is -0.628. The normalized spacial score (nSPS) is 20.3. The lowest BCUT2D eigenvalue weighted by Gasteiger charge is -2.30. The summed E-state index contributed by atoms with van der Waals surface area (Å²) in [5.41, 5.74) is 1.92. The maximum Gasteiger partial charge on any atom is 0.160 e. The van der Waals surface area contributed by atoms with Gasteiger partial charge in [-0.3, -0.25) is 4.99 Å². The Balaban J connectivity index is 2.05. The number of aliphatic imine (C=N–C) groups is 1. The number of benzene rings is 2. The van der Waals surface area contributed by atoms with Crippen molar-refractivity contribution in [2.75, 3.05) is 7.11 Å². The van der Waals surface area contributed by atoms with Gasteiger partial charge in [0.1, 0.15) is 0 Å². The summed E-state index contributed by atoms with van der Waals surface area (Å²) >= 11 is 0. The molecule has 1 aliphatic heterocycles. The molecule has 0 fully saturated rings. The van der Waals surface area contributed by atoms with Crippen LogP contribution >= 0.6 is 0 Å². The first kappa shape index (κ1) is 15.5. The van der Waals surface area contributed by atoms with E-state index in [1.54, 1.807) is 18.2 Å². The van der Waals surface area contributed by atoms with Gasteiger partial charge >= 0.3 is 0 Å². The van der Waals surface area contributed by atoms with E-state index >= 15 is 0 Å². The topological polar surface area (TPSA) is 65.3 Å². The maximum atomic E-state index is 10.7. The first-order chi connectivity index (χ1) is 10.9. The highest BCUT2D eigenvalue weighted by molar-refractivity contribution is 6.08. The van der Waals surface area contributed by atoms with Crippen LogP contribution in [-0.4, -0.2) is 33.7 Å². The summed E-state index contributed by atoms with van der Waals surface area (Å²) in [5, 5.41) is 21.6. The van der Waals surface area contributed by atoms with Crippen molar-refractivity contribution in [1.29, 1.82) is 0 Å². The summed E-state index contributed by atoms with van der Waals surface area (Å²) in [6.45, 7) is 3.85. The summed E-state index contributed by atoms with van der Waals surface area (Å²) in [6.07, 6.45) is -0.547. The maximum absolute atomic E-state index is 10.7. The number of hydrogen-bond donors (Lipinski definition) is 2. The Morgan fingerprint density at radius 2 is 1.83 bits per heavy atom. The fourth-order valence-electron chi connectivity index (χ4n) is 2.84. The molecule has 0 bridgehead atoms. The molecule has 0 radical (unpaired) electrons. The Bertz CT molecular complexity index is 741. The molecule has 2 aromatic rings. The molecule has 0 amide bonds. The number of hydroxylamine groups is 2. The van der Waals surface area contributed by atoms with Crippen LogP contribution < -0.4 is 4.74 Å². The fourth-order valence-corrected chi connectivity index (χ4v) is 2.84. The molecule has 0 saturated carbocycles. The van der Waals surface area contributed by atoms with Gasteiger partial charge < -0.3 is 15.1 Å². The molecule has 1 atom stereocenters. The zero-order valence-corrected chi connectivity index (χ0v) is 13.4. The van der Waals surface area contributed by atoms with E-state index in [1.807, 2.05) is 44.2 Å². The lowest BCUT2D eigenvalue weighted by molar-refractivity contribution is -0.159. The minimum Gasteiger partial charge on any atom is -0.504 e. The van der Waals surface area contributed by atoms with Gasteiger partial charge in [0, 0.05) is 0 Å². The molecule has 2 N–H and O–H groups in total. The van der Waals surface area contributed by atoms with Crippen molar-refractivity contribution in [3.63, 3.8) is 0 Å². The summed E-state index contributed by atoms with van der Waals surface area (Å²) < 4.78 is 5.15. The Labute approximate surface area is 135 Å². The molecular formula is C18H20N2O3. The lowest BCUT2D eigenvalue weighted by atomic mass is 9.93. The second-order valence-electron chi connectivity index (χ2n) is 6.05. The molecule has 0 spiro atoms. The summed E-state index contributed by atoms with van der Waals surface area (Å²) in [7, 11) is 1.49. The number of ether oxygens (including phenoxy) is 1. The van der Waals surface area contributed by atoms with Gasteiger partial charge in [-0.2, -0.15) is 5.06 Å². The van der Waals surface area contributed by atoms with Crippen LogP contribution in [0, 0.1) is 0 Å². The van der Waals surface area contributed by atoms with E-state index < -0.39 is 11.7 Å². The fraction of sp³-hybridized carbons (Fsp3) is 0.278. The van der Waals surface area contributed by atoms with Gasteiger partial charge in [0.05, 0.1) is 18.4 Å². The number of nitrogens with zero attached hydrogens (tertiary/aromatic N) is 2. The molecule has 23 heavy (non-hydrogen) atoms. The van der Waals surface area contributed by atoms with Gasteiger partial charge in [0.15, 0.2) is 17.7 Å². The third kappa shape index (κ3) is 2.58. The highest BCUT2D eigenvalue weighted by Gasteiger charge is 2.43. The highest BCUT2D eigenvalue weighted by atomic mass is 16.5. The Morgan fingerprint density at radius 3 is 2.48 bits per heavy atom. The van der Waals surface area contributed by atoms with Crippen molar-refractivity contribution < 1.29 is 15.1 Å². The SMILES string of the molecule is COc1cc(C2N=C(c3ccccc3)C(C)(C)N2O)ccc1O. The van der Waals surface area contributed by atoms with E-state index in [4.69, 9.17) is 9.73 Å².